The molecule has 0 unspecified atom stereocenters. The van der Waals surface area contributed by atoms with Crippen LogP contribution in [0.5, 0.6) is 0 Å². The van der Waals surface area contributed by atoms with E-state index in [0.29, 0.717) is 12.1 Å². The molecule has 138 valence electrons. The molecule has 1 aromatic carbocycles. The Hall–Kier alpha value is -1.19. The van der Waals surface area contributed by atoms with Gasteiger partial charge >= 0.3 is 0 Å². The molecule has 25 heavy (non-hydrogen) atoms. The number of nitrogens with zero attached hydrogens (tertiary/aromatic N) is 2. The van der Waals surface area contributed by atoms with Gasteiger partial charge in [0.05, 0.1) is 12.1 Å². The van der Waals surface area contributed by atoms with Gasteiger partial charge in [-0.3, -0.25) is 9.59 Å². The third-order valence-electron chi connectivity index (χ3n) is 4.35. The lowest BCUT2D eigenvalue weighted by molar-refractivity contribution is -0.120. The van der Waals surface area contributed by atoms with Gasteiger partial charge in [0.25, 0.3) is 5.91 Å². The predicted octanol–water partition coefficient (Wildman–Crippen LogP) is 1.16. The van der Waals surface area contributed by atoms with Crippen LogP contribution in [0.15, 0.2) is 24.3 Å². The molecule has 1 fully saturated rings. The van der Waals surface area contributed by atoms with Gasteiger partial charge in [-0.15, -0.1) is 0 Å². The molecule has 1 aromatic rings. The summed E-state index contributed by atoms with van der Waals surface area (Å²) in [4.78, 5) is 28.7. The number of likely N-dealkylation sites (N-methyl/N-ethyl adjacent to an activating group) is 1. The number of benzene rings is 1. The fourth-order valence-corrected chi connectivity index (χ4v) is 3.36. The Morgan fingerprint density at radius 3 is 2.52 bits per heavy atom. The van der Waals surface area contributed by atoms with Crippen molar-refractivity contribution < 1.29 is 9.59 Å². The predicted molar refractivity (Wildman–Crippen MR) is 108 cm³/mol. The molecular weight excluding hydrogens is 431 g/mol. The summed E-state index contributed by atoms with van der Waals surface area (Å²) in [6.45, 7) is 6.30. The fourth-order valence-electron chi connectivity index (χ4n) is 2.72. The maximum absolute atomic E-state index is 12.0. The summed E-state index contributed by atoms with van der Waals surface area (Å²) >= 11 is 2.12. The van der Waals surface area contributed by atoms with Crippen LogP contribution in [-0.2, 0) is 4.79 Å². The minimum Gasteiger partial charge on any atom is -0.355 e. The standard InChI is InChI=1S/C18H27IN4O2/c1-22-10-12-23(13-11-22)9-5-4-8-20-17(24)14-21-18(25)15-6-2-3-7-16(15)19/h2-3,6-7H,4-5,8-14H2,1H3,(H,20,24)(H,21,25). The maximum atomic E-state index is 12.0. The van der Waals surface area contributed by atoms with E-state index in [9.17, 15) is 9.59 Å². The lowest BCUT2D eigenvalue weighted by Gasteiger charge is -2.32. The fraction of sp³-hybridized carbons (Fsp3) is 0.556. The first-order valence-electron chi connectivity index (χ1n) is 8.76. The molecule has 0 spiro atoms. The molecule has 0 aromatic heterocycles. The number of piperazine rings is 1. The Labute approximate surface area is 163 Å². The van der Waals surface area contributed by atoms with E-state index in [1.807, 2.05) is 18.2 Å². The molecule has 1 aliphatic rings. The molecule has 2 rings (SSSR count). The Kier molecular flexibility index (Phi) is 8.63. The Balaban J connectivity index is 1.54. The lowest BCUT2D eigenvalue weighted by atomic mass is 10.2. The van der Waals surface area contributed by atoms with Crippen LogP contribution < -0.4 is 10.6 Å². The van der Waals surface area contributed by atoms with Crippen LogP contribution in [0.2, 0.25) is 0 Å². The monoisotopic (exact) mass is 458 g/mol. The minimum atomic E-state index is -0.213. The van der Waals surface area contributed by atoms with Crippen molar-refractivity contribution in [2.45, 2.75) is 12.8 Å². The van der Waals surface area contributed by atoms with E-state index in [1.165, 1.54) is 0 Å². The second-order valence-electron chi connectivity index (χ2n) is 6.36. The first kappa shape index (κ1) is 20.1. The SMILES string of the molecule is CN1CCN(CCCCNC(=O)CNC(=O)c2ccccc2I)CC1. The molecule has 0 aliphatic carbocycles. The maximum Gasteiger partial charge on any atom is 0.252 e. The second kappa shape index (κ2) is 10.7. The Bertz CT molecular complexity index is 574. The molecule has 1 heterocycles. The summed E-state index contributed by atoms with van der Waals surface area (Å²) in [6, 6.07) is 7.33. The van der Waals surface area contributed by atoms with Gasteiger partial charge in [-0.25, -0.2) is 0 Å². The summed E-state index contributed by atoms with van der Waals surface area (Å²) in [6.07, 6.45) is 2.04. The molecule has 0 atom stereocenters. The number of amides is 2. The Morgan fingerprint density at radius 1 is 1.08 bits per heavy atom. The third kappa shape index (κ3) is 7.29. The van der Waals surface area contributed by atoms with Crippen LogP contribution in [0.3, 0.4) is 0 Å². The highest BCUT2D eigenvalue weighted by molar-refractivity contribution is 14.1. The molecular formula is C18H27IN4O2. The number of carbonyl (C=O) groups excluding carboxylic acids is 2. The van der Waals surface area contributed by atoms with E-state index in [1.54, 1.807) is 6.07 Å². The zero-order valence-corrected chi connectivity index (χ0v) is 16.9. The van der Waals surface area contributed by atoms with Crippen molar-refractivity contribution in [2.75, 3.05) is 52.9 Å². The van der Waals surface area contributed by atoms with Crippen molar-refractivity contribution in [1.82, 2.24) is 20.4 Å². The van der Waals surface area contributed by atoms with Crippen LogP contribution >= 0.6 is 22.6 Å². The molecule has 0 saturated carbocycles. The van der Waals surface area contributed by atoms with Crippen LogP contribution in [0.4, 0.5) is 0 Å². The van der Waals surface area contributed by atoms with Gasteiger partial charge in [0.1, 0.15) is 0 Å². The first-order chi connectivity index (χ1) is 12.1. The van der Waals surface area contributed by atoms with Crippen LogP contribution in [0, 0.1) is 3.57 Å². The summed E-state index contributed by atoms with van der Waals surface area (Å²) in [5.41, 5.74) is 0.600. The number of nitrogens with one attached hydrogen (secondary N) is 2. The number of hydrogen-bond donors (Lipinski definition) is 2. The van der Waals surface area contributed by atoms with Crippen molar-refractivity contribution in [1.29, 1.82) is 0 Å². The number of carbonyl (C=O) groups is 2. The van der Waals surface area contributed by atoms with E-state index >= 15 is 0 Å². The summed E-state index contributed by atoms with van der Waals surface area (Å²) in [7, 11) is 2.16. The molecule has 0 radical (unpaired) electrons. The Morgan fingerprint density at radius 2 is 1.80 bits per heavy atom. The lowest BCUT2D eigenvalue weighted by Crippen LogP contribution is -2.44. The zero-order chi connectivity index (χ0) is 18.1. The molecule has 1 aliphatic heterocycles. The smallest absolute Gasteiger partial charge is 0.252 e. The van der Waals surface area contributed by atoms with Crippen LogP contribution in [0.25, 0.3) is 0 Å². The highest BCUT2D eigenvalue weighted by atomic mass is 127. The van der Waals surface area contributed by atoms with Crippen LogP contribution in [-0.4, -0.2) is 74.5 Å². The van der Waals surface area contributed by atoms with Gasteiger partial charge in [-0.1, -0.05) is 12.1 Å². The van der Waals surface area contributed by atoms with E-state index < -0.39 is 0 Å². The van der Waals surface area contributed by atoms with Crippen molar-refractivity contribution >= 4 is 34.4 Å². The quantitative estimate of drug-likeness (QED) is 0.454. The van der Waals surface area contributed by atoms with Crippen molar-refractivity contribution in [2.24, 2.45) is 0 Å². The summed E-state index contributed by atoms with van der Waals surface area (Å²) in [5.74, 6) is -0.353. The van der Waals surface area contributed by atoms with Crippen molar-refractivity contribution in [3.05, 3.63) is 33.4 Å². The second-order valence-corrected chi connectivity index (χ2v) is 7.53. The van der Waals surface area contributed by atoms with Gasteiger partial charge in [0.15, 0.2) is 0 Å². The molecule has 1 saturated heterocycles. The van der Waals surface area contributed by atoms with Gasteiger partial charge in [0.2, 0.25) is 5.91 Å². The van der Waals surface area contributed by atoms with Crippen LogP contribution in [0.1, 0.15) is 23.2 Å². The van der Waals surface area contributed by atoms with Crippen molar-refractivity contribution in [3.63, 3.8) is 0 Å². The van der Waals surface area contributed by atoms with Gasteiger partial charge in [-0.2, -0.15) is 0 Å². The zero-order valence-electron chi connectivity index (χ0n) is 14.8. The van der Waals surface area contributed by atoms with E-state index in [0.717, 1.165) is 49.1 Å². The topological polar surface area (TPSA) is 64.7 Å². The number of unbranched alkanes of at least 4 members (excludes halogenated alkanes) is 1. The van der Waals surface area contributed by atoms with Crippen molar-refractivity contribution in [3.8, 4) is 0 Å². The molecule has 2 amide bonds. The van der Waals surface area contributed by atoms with Gasteiger partial charge in [0, 0.05) is 36.3 Å². The largest absolute Gasteiger partial charge is 0.355 e. The normalized spacial score (nSPS) is 15.8. The average Bonchev–Trinajstić information content (AvgIpc) is 2.61. The van der Waals surface area contributed by atoms with E-state index in [4.69, 9.17) is 0 Å². The van der Waals surface area contributed by atoms with E-state index in [2.05, 4.69) is 50.1 Å². The van der Waals surface area contributed by atoms with E-state index in [-0.39, 0.29) is 18.4 Å². The minimum absolute atomic E-state index is 0.0161. The third-order valence-corrected chi connectivity index (χ3v) is 5.29. The molecule has 0 bridgehead atoms. The summed E-state index contributed by atoms with van der Waals surface area (Å²) < 4.78 is 0.877. The summed E-state index contributed by atoms with van der Waals surface area (Å²) in [5, 5.41) is 5.53. The molecule has 7 heteroatoms. The molecule has 2 N–H and O–H groups in total. The number of hydrogen-bond acceptors (Lipinski definition) is 4. The number of rotatable bonds is 8. The molecule has 6 nitrogen and oxygen atoms in total. The highest BCUT2D eigenvalue weighted by Crippen LogP contribution is 2.10. The average molecular weight is 458 g/mol. The number of halogens is 1. The first-order valence-corrected chi connectivity index (χ1v) is 9.84. The highest BCUT2D eigenvalue weighted by Gasteiger charge is 2.13. The van der Waals surface area contributed by atoms with Gasteiger partial charge < -0.3 is 20.4 Å². The van der Waals surface area contributed by atoms with Gasteiger partial charge in [-0.05, 0) is 61.2 Å².